The summed E-state index contributed by atoms with van der Waals surface area (Å²) in [7, 11) is 6.41. The van der Waals surface area contributed by atoms with Gasteiger partial charge in [0, 0.05) is 0 Å². The van der Waals surface area contributed by atoms with E-state index in [2.05, 4.69) is 61.2 Å². The molecule has 2 heterocycles. The molecule has 0 aliphatic carbocycles. The molecule has 2 saturated heterocycles. The fraction of sp³-hybridized carbons (Fsp3) is 0.533. The zero-order valence-electron chi connectivity index (χ0n) is 12.8. The summed E-state index contributed by atoms with van der Waals surface area (Å²) in [6, 6.07) is 8.42. The molecule has 22 heavy (non-hydrogen) atoms. The van der Waals surface area contributed by atoms with Gasteiger partial charge < -0.3 is 0 Å². The Morgan fingerprint density at radius 3 is 2.27 bits per heavy atom. The quantitative estimate of drug-likeness (QED) is 0.753. The maximum absolute atomic E-state index is 12.0. The average molecular weight is 399 g/mol. The molecule has 1 amide bonds. The monoisotopic (exact) mass is 399 g/mol. The van der Waals surface area contributed by atoms with Crippen LogP contribution in [0.3, 0.4) is 0 Å². The van der Waals surface area contributed by atoms with E-state index in [0.717, 1.165) is 31.7 Å². The van der Waals surface area contributed by atoms with Gasteiger partial charge in [-0.25, -0.2) is 0 Å². The van der Waals surface area contributed by atoms with Crippen LogP contribution in [0.4, 0.5) is 0 Å². The predicted octanol–water partition coefficient (Wildman–Crippen LogP) is 0.636. The van der Waals surface area contributed by atoms with Crippen LogP contribution in [0, 0.1) is 0 Å². The van der Waals surface area contributed by atoms with Crippen molar-refractivity contribution in [2.24, 2.45) is 5.73 Å². The van der Waals surface area contributed by atoms with Crippen LogP contribution in [0.1, 0.15) is 11.6 Å². The van der Waals surface area contributed by atoms with Crippen LogP contribution >= 0.6 is 20.0 Å². The van der Waals surface area contributed by atoms with Crippen LogP contribution < -0.4 is 10.1 Å². The molecular formula is C15H22AsN3OS2. The number of carbonyl (C=O) groups is 1. The summed E-state index contributed by atoms with van der Waals surface area (Å²) in [6.45, 7) is 3.78. The van der Waals surface area contributed by atoms with Crippen LogP contribution in [-0.2, 0) is 4.79 Å². The summed E-state index contributed by atoms with van der Waals surface area (Å²) in [4.78, 5) is 16.5. The Kier molecular flexibility index (Phi) is 5.79. The number of nitrogens with zero attached hydrogens (tertiary/aromatic N) is 2. The van der Waals surface area contributed by atoms with E-state index in [-0.39, 0.29) is 11.9 Å². The minimum absolute atomic E-state index is 0.236. The maximum atomic E-state index is 12.0. The van der Waals surface area contributed by atoms with E-state index in [0.29, 0.717) is 0 Å². The molecule has 1 aromatic carbocycles. The molecule has 1 aromatic rings. The van der Waals surface area contributed by atoms with Gasteiger partial charge in [0.1, 0.15) is 0 Å². The zero-order valence-corrected chi connectivity index (χ0v) is 16.3. The molecule has 120 valence electrons. The van der Waals surface area contributed by atoms with Crippen LogP contribution in [-0.4, -0.2) is 72.8 Å². The molecule has 0 saturated carbocycles. The molecule has 0 radical (unpaired) electrons. The molecule has 3 rings (SSSR count). The van der Waals surface area contributed by atoms with E-state index in [9.17, 15) is 4.79 Å². The number of nitrogens with two attached hydrogens (primary N) is 1. The molecule has 2 aliphatic rings. The van der Waals surface area contributed by atoms with Gasteiger partial charge in [0.2, 0.25) is 0 Å². The van der Waals surface area contributed by atoms with Crippen LogP contribution in [0.2, 0.25) is 0 Å². The van der Waals surface area contributed by atoms with Gasteiger partial charge in [-0.3, -0.25) is 0 Å². The molecule has 0 aromatic heterocycles. The van der Waals surface area contributed by atoms with Crippen LogP contribution in [0.15, 0.2) is 24.3 Å². The van der Waals surface area contributed by atoms with Gasteiger partial charge in [-0.1, -0.05) is 0 Å². The standard InChI is InChI=1S/C15H22AsN3OS2/c1-18-6-8-19(9-7-18)14(15(17)20)12-2-4-13(5-3-12)16-21-10-11-22-16/h2-5,14H,6-11H2,1H3,(H2,17,20). The number of primary amides is 1. The number of hydrogen-bond donors (Lipinski definition) is 1. The van der Waals surface area contributed by atoms with E-state index >= 15 is 0 Å². The Hall–Kier alpha value is -0.132. The Morgan fingerprint density at radius 2 is 1.73 bits per heavy atom. The van der Waals surface area contributed by atoms with Crippen molar-refractivity contribution >= 4 is 42.6 Å². The average Bonchev–Trinajstić information content (AvgIpc) is 3.04. The number of amides is 1. The van der Waals surface area contributed by atoms with Crippen LogP contribution in [0.5, 0.6) is 0 Å². The number of benzene rings is 1. The zero-order chi connectivity index (χ0) is 15.5. The number of piperazine rings is 1. The summed E-state index contributed by atoms with van der Waals surface area (Å²) in [5, 5.41) is 0. The Morgan fingerprint density at radius 1 is 1.14 bits per heavy atom. The first kappa shape index (κ1) is 16.7. The number of hydrogen-bond acceptors (Lipinski definition) is 5. The van der Waals surface area contributed by atoms with Gasteiger partial charge in [-0.15, -0.1) is 0 Å². The second-order valence-electron chi connectivity index (χ2n) is 5.66. The molecule has 0 bridgehead atoms. The second-order valence-corrected chi connectivity index (χ2v) is 17.4. The van der Waals surface area contributed by atoms with Crippen molar-refractivity contribution in [1.29, 1.82) is 0 Å². The summed E-state index contributed by atoms with van der Waals surface area (Å²) < 4.78 is 1.49. The van der Waals surface area contributed by atoms with Crippen molar-refractivity contribution in [3.8, 4) is 0 Å². The third kappa shape index (κ3) is 3.85. The molecule has 4 nitrogen and oxygen atoms in total. The molecule has 2 fully saturated rings. The summed E-state index contributed by atoms with van der Waals surface area (Å²) >= 11 is -0.932. The van der Waals surface area contributed by atoms with Gasteiger partial charge in [0.25, 0.3) is 0 Å². The molecular weight excluding hydrogens is 377 g/mol. The van der Waals surface area contributed by atoms with Gasteiger partial charge in [0.05, 0.1) is 0 Å². The fourth-order valence-corrected chi connectivity index (χ4v) is 17.0. The van der Waals surface area contributed by atoms with Gasteiger partial charge >= 0.3 is 144 Å². The minimum atomic E-state index is -0.932. The summed E-state index contributed by atoms with van der Waals surface area (Å²) in [5.41, 5.74) is 6.75. The Balaban J connectivity index is 1.75. The fourth-order valence-electron chi connectivity index (χ4n) is 2.84. The first-order valence-electron chi connectivity index (χ1n) is 7.53. The third-order valence-corrected chi connectivity index (χ3v) is 17.8. The summed E-state index contributed by atoms with van der Waals surface area (Å²) in [6.07, 6.45) is 0. The Bertz CT molecular complexity index is 514. The van der Waals surface area contributed by atoms with E-state index in [1.165, 1.54) is 15.9 Å². The normalized spacial score (nSPS) is 22.8. The Labute approximate surface area is 143 Å². The molecule has 2 N–H and O–H groups in total. The van der Waals surface area contributed by atoms with E-state index in [4.69, 9.17) is 5.73 Å². The first-order chi connectivity index (χ1) is 10.6. The topological polar surface area (TPSA) is 49.6 Å². The SMILES string of the molecule is CN1CCN(C(C(N)=O)c2ccc([As]3SCCS3)cc2)CC1. The van der Waals surface area contributed by atoms with Crippen molar-refractivity contribution < 1.29 is 4.79 Å². The molecule has 1 atom stereocenters. The third-order valence-electron chi connectivity index (χ3n) is 4.09. The van der Waals surface area contributed by atoms with Gasteiger partial charge in [-0.05, 0) is 0 Å². The van der Waals surface area contributed by atoms with E-state index < -0.39 is 12.3 Å². The molecule has 7 heteroatoms. The molecule has 2 aliphatic heterocycles. The number of carbonyl (C=O) groups excluding carboxylic acids is 1. The molecule has 1 unspecified atom stereocenters. The van der Waals surface area contributed by atoms with Gasteiger partial charge in [-0.2, -0.15) is 0 Å². The van der Waals surface area contributed by atoms with Gasteiger partial charge in [0.15, 0.2) is 0 Å². The van der Waals surface area contributed by atoms with Crippen LogP contribution in [0.25, 0.3) is 0 Å². The number of likely N-dealkylation sites (N-methyl/N-ethyl adjacent to an activating group) is 1. The van der Waals surface area contributed by atoms with Crippen molar-refractivity contribution in [2.75, 3.05) is 44.7 Å². The van der Waals surface area contributed by atoms with Crippen molar-refractivity contribution in [2.45, 2.75) is 6.04 Å². The van der Waals surface area contributed by atoms with Crippen molar-refractivity contribution in [1.82, 2.24) is 9.80 Å². The van der Waals surface area contributed by atoms with E-state index in [1.54, 1.807) is 0 Å². The summed E-state index contributed by atoms with van der Waals surface area (Å²) in [5.74, 6) is 2.34. The van der Waals surface area contributed by atoms with Crippen molar-refractivity contribution in [3.05, 3.63) is 29.8 Å². The van der Waals surface area contributed by atoms with E-state index in [1.807, 2.05) is 0 Å². The first-order valence-corrected chi connectivity index (χ1v) is 14.9. The van der Waals surface area contributed by atoms with Crippen molar-refractivity contribution in [3.63, 3.8) is 0 Å². The number of rotatable bonds is 4. The predicted molar refractivity (Wildman–Crippen MR) is 97.8 cm³/mol. The molecule has 0 spiro atoms. The second kappa shape index (κ2) is 7.63.